The molecule has 1 heterocycles. The number of likely N-dealkylation sites (tertiary alicyclic amines) is 1. The van der Waals surface area contributed by atoms with Crippen LogP contribution in [0, 0.1) is 18.8 Å². The second kappa shape index (κ2) is 7.61. The first-order valence-corrected chi connectivity index (χ1v) is 10.6. The van der Waals surface area contributed by atoms with Crippen LogP contribution in [0.3, 0.4) is 0 Å². The maximum Gasteiger partial charge on any atom is 0.145 e. The average molecular weight is 382 g/mol. The Hall–Kier alpha value is -2.71. The van der Waals surface area contributed by atoms with E-state index in [4.69, 9.17) is 0 Å². The predicted octanol–water partition coefficient (Wildman–Crippen LogP) is 5.19. The van der Waals surface area contributed by atoms with Crippen LogP contribution in [0.5, 0.6) is 0 Å². The lowest BCUT2D eigenvalue weighted by atomic mass is 9.79. The van der Waals surface area contributed by atoms with E-state index < -0.39 is 0 Å². The second-order valence-electron chi connectivity index (χ2n) is 8.68. The highest BCUT2D eigenvalue weighted by Crippen LogP contribution is 2.53. The summed E-state index contributed by atoms with van der Waals surface area (Å²) >= 11 is 0. The summed E-state index contributed by atoms with van der Waals surface area (Å²) in [6.07, 6.45) is 0. The number of benzene rings is 3. The molecule has 0 spiro atoms. The van der Waals surface area contributed by atoms with Gasteiger partial charge in [-0.05, 0) is 29.5 Å². The number of aryl methyl sites for hydroxylation is 1. The van der Waals surface area contributed by atoms with Gasteiger partial charge in [0.1, 0.15) is 5.78 Å². The van der Waals surface area contributed by atoms with E-state index in [1.165, 1.54) is 22.3 Å². The topological polar surface area (TPSA) is 20.3 Å². The highest BCUT2D eigenvalue weighted by Gasteiger charge is 2.54. The summed E-state index contributed by atoms with van der Waals surface area (Å²) < 4.78 is 0. The molecule has 3 aromatic rings. The van der Waals surface area contributed by atoms with Gasteiger partial charge in [0.15, 0.2) is 0 Å². The number of fused-ring (bicyclic) bond motifs is 1. The zero-order valence-electron chi connectivity index (χ0n) is 16.9. The fourth-order valence-corrected chi connectivity index (χ4v) is 5.46. The van der Waals surface area contributed by atoms with E-state index in [1.54, 1.807) is 0 Å². The third-order valence-corrected chi connectivity index (χ3v) is 6.80. The van der Waals surface area contributed by atoms with Gasteiger partial charge in [-0.25, -0.2) is 0 Å². The van der Waals surface area contributed by atoms with Crippen LogP contribution in [0.2, 0.25) is 0 Å². The third kappa shape index (κ3) is 3.42. The van der Waals surface area contributed by atoms with Gasteiger partial charge in [0.05, 0.1) is 5.92 Å². The number of carbonyl (C=O) groups excluding carboxylic acids is 1. The fourth-order valence-electron chi connectivity index (χ4n) is 5.46. The van der Waals surface area contributed by atoms with Gasteiger partial charge in [-0.2, -0.15) is 0 Å². The summed E-state index contributed by atoms with van der Waals surface area (Å²) in [5.74, 6) is 1.20. The molecule has 1 aliphatic heterocycles. The van der Waals surface area contributed by atoms with E-state index in [1.807, 2.05) is 6.07 Å². The maximum atomic E-state index is 13.6. The zero-order valence-corrected chi connectivity index (χ0v) is 16.9. The van der Waals surface area contributed by atoms with E-state index in [-0.39, 0.29) is 17.8 Å². The molecule has 1 saturated heterocycles. The molecule has 5 rings (SSSR count). The first-order chi connectivity index (χ1) is 14.2. The van der Waals surface area contributed by atoms with Crippen molar-refractivity contribution in [3.8, 4) is 0 Å². The maximum absolute atomic E-state index is 13.6. The molecule has 29 heavy (non-hydrogen) atoms. The molecule has 0 aromatic heterocycles. The van der Waals surface area contributed by atoms with Gasteiger partial charge in [0.25, 0.3) is 0 Å². The Morgan fingerprint density at radius 3 is 2.14 bits per heavy atom. The normalized spacial score (nSPS) is 26.6. The number of rotatable bonds is 4. The number of Topliss-reactive ketones (excluding diaryl/α,β-unsaturated/α-hetero) is 1. The van der Waals surface area contributed by atoms with Crippen LogP contribution in [0.15, 0.2) is 84.9 Å². The number of hydrogen-bond acceptors (Lipinski definition) is 2. The minimum atomic E-state index is -0.0206. The van der Waals surface area contributed by atoms with Crippen LogP contribution >= 0.6 is 0 Å². The Labute approximate surface area is 173 Å². The molecule has 0 radical (unpaired) electrons. The first-order valence-electron chi connectivity index (χ1n) is 10.6. The number of carbonyl (C=O) groups is 1. The summed E-state index contributed by atoms with van der Waals surface area (Å²) in [6, 6.07) is 29.9. The Kier molecular flexibility index (Phi) is 4.81. The Morgan fingerprint density at radius 1 is 0.793 bits per heavy atom. The Bertz CT molecular complexity index is 980. The molecule has 3 aromatic carbocycles. The molecule has 2 fully saturated rings. The SMILES string of the molecule is Cc1ccc(C2C(c3ccccc3)C(=O)C3CN(Cc4ccccc4)CC32)cc1. The van der Waals surface area contributed by atoms with Gasteiger partial charge >= 0.3 is 0 Å². The van der Waals surface area contributed by atoms with Crippen molar-refractivity contribution < 1.29 is 4.79 Å². The second-order valence-corrected chi connectivity index (χ2v) is 8.68. The smallest absolute Gasteiger partial charge is 0.145 e. The van der Waals surface area contributed by atoms with Crippen molar-refractivity contribution in [3.63, 3.8) is 0 Å². The minimum absolute atomic E-state index is 0.0206. The zero-order chi connectivity index (χ0) is 19.8. The third-order valence-electron chi connectivity index (χ3n) is 6.80. The molecule has 4 atom stereocenters. The lowest BCUT2D eigenvalue weighted by Crippen LogP contribution is -2.26. The summed E-state index contributed by atoms with van der Waals surface area (Å²) in [4.78, 5) is 16.1. The number of hydrogen-bond donors (Lipinski definition) is 0. The van der Waals surface area contributed by atoms with Gasteiger partial charge in [-0.3, -0.25) is 9.69 Å². The largest absolute Gasteiger partial charge is 0.299 e. The van der Waals surface area contributed by atoms with Crippen molar-refractivity contribution in [1.29, 1.82) is 0 Å². The van der Waals surface area contributed by atoms with Gasteiger partial charge in [0.2, 0.25) is 0 Å². The van der Waals surface area contributed by atoms with E-state index in [2.05, 4.69) is 90.7 Å². The average Bonchev–Trinajstić information content (AvgIpc) is 3.27. The summed E-state index contributed by atoms with van der Waals surface area (Å²) in [6.45, 7) is 4.92. The van der Waals surface area contributed by atoms with Crippen LogP contribution < -0.4 is 0 Å². The number of ketones is 1. The fraction of sp³-hybridized carbons (Fsp3) is 0.296. The van der Waals surface area contributed by atoms with E-state index >= 15 is 0 Å². The highest BCUT2D eigenvalue weighted by molar-refractivity contribution is 5.92. The molecule has 2 heteroatoms. The molecule has 2 nitrogen and oxygen atoms in total. The van der Waals surface area contributed by atoms with Crippen LogP contribution in [0.4, 0.5) is 0 Å². The molecule has 0 N–H and O–H groups in total. The van der Waals surface area contributed by atoms with E-state index in [0.717, 1.165) is 19.6 Å². The van der Waals surface area contributed by atoms with Crippen LogP contribution in [0.1, 0.15) is 34.1 Å². The van der Waals surface area contributed by atoms with E-state index in [0.29, 0.717) is 11.7 Å². The first kappa shape index (κ1) is 18.3. The molecular formula is C27H27NO. The summed E-state index contributed by atoms with van der Waals surface area (Å²) in [7, 11) is 0. The van der Waals surface area contributed by atoms with Crippen LogP contribution in [0.25, 0.3) is 0 Å². The van der Waals surface area contributed by atoms with E-state index in [9.17, 15) is 4.79 Å². The van der Waals surface area contributed by atoms with Crippen molar-refractivity contribution in [1.82, 2.24) is 4.90 Å². The van der Waals surface area contributed by atoms with Crippen LogP contribution in [-0.4, -0.2) is 23.8 Å². The van der Waals surface area contributed by atoms with Crippen molar-refractivity contribution in [2.75, 3.05) is 13.1 Å². The van der Waals surface area contributed by atoms with Gasteiger partial charge in [-0.15, -0.1) is 0 Å². The lowest BCUT2D eigenvalue weighted by Gasteiger charge is -2.26. The summed E-state index contributed by atoms with van der Waals surface area (Å²) in [5, 5.41) is 0. The molecule has 146 valence electrons. The van der Waals surface area contributed by atoms with Crippen molar-refractivity contribution >= 4 is 5.78 Å². The highest BCUT2D eigenvalue weighted by atomic mass is 16.1. The standard InChI is InChI=1S/C27H27NO/c1-19-12-14-22(15-13-19)25-23-17-28(16-20-8-4-2-5-9-20)18-24(23)27(29)26(25)21-10-6-3-7-11-21/h2-15,23-26H,16-18H2,1H3. The van der Waals surface area contributed by atoms with Crippen molar-refractivity contribution in [2.24, 2.45) is 11.8 Å². The molecule has 0 bridgehead atoms. The number of nitrogens with zero attached hydrogens (tertiary/aromatic N) is 1. The van der Waals surface area contributed by atoms with Gasteiger partial charge in [-0.1, -0.05) is 90.5 Å². The molecule has 1 saturated carbocycles. The molecule has 0 amide bonds. The van der Waals surface area contributed by atoms with Gasteiger partial charge < -0.3 is 0 Å². The predicted molar refractivity (Wildman–Crippen MR) is 117 cm³/mol. The minimum Gasteiger partial charge on any atom is -0.299 e. The summed E-state index contributed by atoms with van der Waals surface area (Å²) in [5.41, 5.74) is 5.08. The molecule has 2 aliphatic rings. The lowest BCUT2D eigenvalue weighted by molar-refractivity contribution is -0.122. The Morgan fingerprint density at radius 2 is 1.45 bits per heavy atom. The Balaban J connectivity index is 1.47. The van der Waals surface area contributed by atoms with Crippen molar-refractivity contribution in [3.05, 3.63) is 107 Å². The van der Waals surface area contributed by atoms with Crippen LogP contribution in [-0.2, 0) is 11.3 Å². The quantitative estimate of drug-likeness (QED) is 0.620. The molecule has 4 unspecified atom stereocenters. The molecule has 1 aliphatic carbocycles. The molecular weight excluding hydrogens is 354 g/mol. The van der Waals surface area contributed by atoms with Crippen molar-refractivity contribution in [2.45, 2.75) is 25.3 Å². The monoisotopic (exact) mass is 381 g/mol. The van der Waals surface area contributed by atoms with Gasteiger partial charge in [0, 0.05) is 31.5 Å².